The Bertz CT molecular complexity index is 840. The molecule has 0 aromatic heterocycles. The number of hydrogen-bond donors (Lipinski definition) is 4. The van der Waals surface area contributed by atoms with Gasteiger partial charge in [-0.1, -0.05) is 48.5 Å². The van der Waals surface area contributed by atoms with Gasteiger partial charge < -0.3 is 25.2 Å². The van der Waals surface area contributed by atoms with Crippen LogP contribution in [-0.4, -0.2) is 38.6 Å². The van der Waals surface area contributed by atoms with E-state index in [9.17, 15) is 25.2 Å². The van der Waals surface area contributed by atoms with Crippen molar-refractivity contribution in [3.05, 3.63) is 82.3 Å². The van der Waals surface area contributed by atoms with E-state index in [0.29, 0.717) is 22.3 Å². The molecule has 26 heavy (non-hydrogen) atoms. The molecular formula is C20H20O6. The van der Waals surface area contributed by atoms with E-state index in [4.69, 9.17) is 4.74 Å². The topological polar surface area (TPSA) is 107 Å². The molecule has 2 atom stereocenters. The van der Waals surface area contributed by atoms with Crippen LogP contribution in [0.15, 0.2) is 60.0 Å². The van der Waals surface area contributed by atoms with Gasteiger partial charge in [-0.15, -0.1) is 0 Å². The maximum Gasteiger partial charge on any atom is 0.377 e. The molecule has 0 saturated carbocycles. The Morgan fingerprint density at radius 1 is 0.962 bits per heavy atom. The molecule has 1 aliphatic rings. The Balaban J connectivity index is 2.21. The van der Waals surface area contributed by atoms with Gasteiger partial charge in [-0.3, -0.25) is 0 Å². The molecule has 3 rings (SSSR count). The SMILES string of the molecule is Cc1ccccc1C(O)(c1ccccc1C)[C@H](O)[C@H]1OC(=O)C(O)=C1O. The van der Waals surface area contributed by atoms with Gasteiger partial charge in [0.2, 0.25) is 5.76 Å². The third-order valence-corrected chi connectivity index (χ3v) is 4.77. The van der Waals surface area contributed by atoms with Gasteiger partial charge >= 0.3 is 5.97 Å². The van der Waals surface area contributed by atoms with Crippen LogP contribution >= 0.6 is 0 Å². The second kappa shape index (κ2) is 6.48. The molecule has 0 bridgehead atoms. The molecule has 0 radical (unpaired) electrons. The van der Waals surface area contributed by atoms with Crippen molar-refractivity contribution < 1.29 is 30.0 Å². The number of ether oxygens (including phenoxy) is 1. The fourth-order valence-electron chi connectivity index (χ4n) is 3.36. The third-order valence-electron chi connectivity index (χ3n) is 4.77. The highest BCUT2D eigenvalue weighted by Gasteiger charge is 2.51. The number of aliphatic hydroxyl groups is 4. The molecule has 1 heterocycles. The lowest BCUT2D eigenvalue weighted by molar-refractivity contribution is -0.156. The van der Waals surface area contributed by atoms with Crippen molar-refractivity contribution >= 4 is 5.97 Å². The predicted octanol–water partition coefficient (Wildman–Crippen LogP) is 2.15. The standard InChI is InChI=1S/C20H20O6/c1-11-7-3-5-9-13(11)20(25,14-10-6-4-8-12(14)2)18(23)17-15(21)16(22)19(24)26-17/h3-10,17-18,21-23,25H,1-2H3/t17-,18+/m0/s1. The largest absolute Gasteiger partial charge is 0.505 e. The number of hydrogen-bond acceptors (Lipinski definition) is 6. The fraction of sp³-hybridized carbons (Fsp3) is 0.250. The first-order valence-corrected chi connectivity index (χ1v) is 8.14. The van der Waals surface area contributed by atoms with Gasteiger partial charge in [-0.2, -0.15) is 0 Å². The first-order valence-electron chi connectivity index (χ1n) is 8.14. The molecule has 6 nitrogen and oxygen atoms in total. The molecule has 136 valence electrons. The van der Waals surface area contributed by atoms with Gasteiger partial charge in [-0.05, 0) is 36.1 Å². The lowest BCUT2D eigenvalue weighted by Gasteiger charge is -2.38. The number of esters is 1. The van der Waals surface area contributed by atoms with Crippen LogP contribution in [0.2, 0.25) is 0 Å². The summed E-state index contributed by atoms with van der Waals surface area (Å²) in [7, 11) is 0. The highest BCUT2D eigenvalue weighted by molar-refractivity contribution is 5.89. The molecule has 0 spiro atoms. The molecule has 6 heteroatoms. The Morgan fingerprint density at radius 2 is 1.42 bits per heavy atom. The molecule has 0 saturated heterocycles. The van der Waals surface area contributed by atoms with Crippen LogP contribution in [-0.2, 0) is 15.1 Å². The van der Waals surface area contributed by atoms with Crippen LogP contribution in [0.4, 0.5) is 0 Å². The van der Waals surface area contributed by atoms with E-state index >= 15 is 0 Å². The van der Waals surface area contributed by atoms with Gasteiger partial charge in [0.1, 0.15) is 11.7 Å². The van der Waals surface area contributed by atoms with E-state index in [1.54, 1.807) is 62.4 Å². The van der Waals surface area contributed by atoms with Crippen LogP contribution in [0.3, 0.4) is 0 Å². The van der Waals surface area contributed by atoms with E-state index in [1.807, 2.05) is 0 Å². The van der Waals surface area contributed by atoms with E-state index in [1.165, 1.54) is 0 Å². The van der Waals surface area contributed by atoms with E-state index in [-0.39, 0.29) is 0 Å². The normalized spacial score (nSPS) is 18.8. The first kappa shape index (κ1) is 18.0. The zero-order valence-corrected chi connectivity index (χ0v) is 14.4. The summed E-state index contributed by atoms with van der Waals surface area (Å²) in [4.78, 5) is 11.6. The lowest BCUT2D eigenvalue weighted by atomic mass is 9.76. The maximum absolute atomic E-state index is 11.7. The number of aryl methyl sites for hydroxylation is 2. The fourth-order valence-corrected chi connectivity index (χ4v) is 3.36. The van der Waals surface area contributed by atoms with Crippen molar-refractivity contribution in [2.75, 3.05) is 0 Å². The van der Waals surface area contributed by atoms with Crippen LogP contribution in [0.25, 0.3) is 0 Å². The number of cyclic esters (lactones) is 1. The van der Waals surface area contributed by atoms with Crippen molar-refractivity contribution in [3.63, 3.8) is 0 Å². The summed E-state index contributed by atoms with van der Waals surface area (Å²) in [5.74, 6) is -2.92. The average Bonchev–Trinajstić information content (AvgIpc) is 2.88. The summed E-state index contributed by atoms with van der Waals surface area (Å²) in [5.41, 5.74) is 0.220. The van der Waals surface area contributed by atoms with Gasteiger partial charge in [0.25, 0.3) is 0 Å². The van der Waals surface area contributed by atoms with E-state index in [2.05, 4.69) is 0 Å². The minimum absolute atomic E-state index is 0.400. The molecule has 2 aromatic rings. The Kier molecular flexibility index (Phi) is 4.48. The summed E-state index contributed by atoms with van der Waals surface area (Å²) >= 11 is 0. The number of carbonyl (C=O) groups excluding carboxylic acids is 1. The maximum atomic E-state index is 11.7. The molecule has 1 aliphatic heterocycles. The Labute approximate surface area is 150 Å². The molecule has 0 amide bonds. The highest BCUT2D eigenvalue weighted by atomic mass is 16.6. The average molecular weight is 356 g/mol. The van der Waals surface area contributed by atoms with E-state index < -0.39 is 35.3 Å². The number of aliphatic hydroxyl groups excluding tert-OH is 3. The van der Waals surface area contributed by atoms with Crippen molar-refractivity contribution in [1.82, 2.24) is 0 Å². The summed E-state index contributed by atoms with van der Waals surface area (Å²) in [5, 5.41) is 42.2. The van der Waals surface area contributed by atoms with Crippen LogP contribution < -0.4 is 0 Å². The van der Waals surface area contributed by atoms with Gasteiger partial charge in [-0.25, -0.2) is 4.79 Å². The molecule has 0 aliphatic carbocycles. The highest BCUT2D eigenvalue weighted by Crippen LogP contribution is 2.40. The van der Waals surface area contributed by atoms with Crippen molar-refractivity contribution in [2.24, 2.45) is 0 Å². The van der Waals surface area contributed by atoms with Crippen LogP contribution in [0.5, 0.6) is 0 Å². The number of benzene rings is 2. The van der Waals surface area contributed by atoms with E-state index in [0.717, 1.165) is 0 Å². The number of rotatable bonds is 4. The third kappa shape index (κ3) is 2.64. The van der Waals surface area contributed by atoms with Crippen LogP contribution in [0, 0.1) is 13.8 Å². The molecule has 0 unspecified atom stereocenters. The zero-order chi connectivity index (χ0) is 19.1. The van der Waals surface area contributed by atoms with Crippen molar-refractivity contribution in [2.45, 2.75) is 31.7 Å². The number of carbonyl (C=O) groups is 1. The van der Waals surface area contributed by atoms with Gasteiger partial charge in [0.15, 0.2) is 11.9 Å². The van der Waals surface area contributed by atoms with Gasteiger partial charge in [0.05, 0.1) is 0 Å². The lowest BCUT2D eigenvalue weighted by Crippen LogP contribution is -2.49. The predicted molar refractivity (Wildman–Crippen MR) is 93.5 cm³/mol. The smallest absolute Gasteiger partial charge is 0.377 e. The summed E-state index contributed by atoms with van der Waals surface area (Å²) < 4.78 is 4.89. The van der Waals surface area contributed by atoms with Crippen molar-refractivity contribution in [1.29, 1.82) is 0 Å². The Hall–Kier alpha value is -2.83. The monoisotopic (exact) mass is 356 g/mol. The Morgan fingerprint density at radius 3 is 1.81 bits per heavy atom. The summed E-state index contributed by atoms with van der Waals surface area (Å²) in [6.07, 6.45) is -3.34. The first-order chi connectivity index (χ1) is 12.3. The second-order valence-corrected chi connectivity index (χ2v) is 6.40. The summed E-state index contributed by atoms with van der Waals surface area (Å²) in [6, 6.07) is 13.9. The quantitative estimate of drug-likeness (QED) is 0.626. The minimum atomic E-state index is -1.99. The molecule has 0 fully saturated rings. The second-order valence-electron chi connectivity index (χ2n) is 6.40. The van der Waals surface area contributed by atoms with Gasteiger partial charge in [0, 0.05) is 0 Å². The zero-order valence-electron chi connectivity index (χ0n) is 14.4. The molecule has 2 aromatic carbocycles. The molecular weight excluding hydrogens is 336 g/mol. The molecule has 4 N–H and O–H groups in total. The van der Waals surface area contributed by atoms with Crippen molar-refractivity contribution in [3.8, 4) is 0 Å². The van der Waals surface area contributed by atoms with Crippen LogP contribution in [0.1, 0.15) is 22.3 Å². The summed E-state index contributed by atoms with van der Waals surface area (Å²) in [6.45, 7) is 3.55. The minimum Gasteiger partial charge on any atom is -0.505 e.